The van der Waals surface area contributed by atoms with E-state index >= 15 is 0 Å². The van der Waals surface area contributed by atoms with Crippen LogP contribution in [0.4, 0.5) is 0 Å². The Bertz CT molecular complexity index is 60.3. The molecule has 0 rings (SSSR count). The third kappa shape index (κ3) is 4.77. The van der Waals surface area contributed by atoms with Crippen LogP contribution in [-0.4, -0.2) is 19.8 Å². The van der Waals surface area contributed by atoms with Gasteiger partial charge in [0.2, 0.25) is 0 Å². The highest BCUT2D eigenvalue weighted by Gasteiger charge is 1.99. The first-order valence-corrected chi connectivity index (χ1v) is 4.17. The zero-order valence-corrected chi connectivity index (χ0v) is 7.35. The molecule has 2 nitrogen and oxygen atoms in total. The number of unbranched alkanes of at least 4 members (excludes halogenated alkanes) is 1. The molecular formula is C8H19N2. The van der Waals surface area contributed by atoms with Crippen LogP contribution in [-0.2, 0) is 0 Å². The highest BCUT2D eigenvalue weighted by molar-refractivity contribution is 4.57. The van der Waals surface area contributed by atoms with Crippen molar-refractivity contribution in [3.63, 3.8) is 0 Å². The molecule has 1 N–H and O–H groups in total. The zero-order chi connectivity index (χ0) is 7.82. The maximum Gasteiger partial charge on any atom is 0.0729 e. The van der Waals surface area contributed by atoms with Crippen molar-refractivity contribution >= 4 is 0 Å². The normalized spacial score (nSPS) is 13.5. The first-order chi connectivity index (χ1) is 4.85. The van der Waals surface area contributed by atoms with Crippen LogP contribution in [0.25, 0.3) is 0 Å². The second-order valence-electron chi connectivity index (χ2n) is 2.49. The molecule has 0 bridgehead atoms. The van der Waals surface area contributed by atoms with Crippen molar-refractivity contribution in [2.45, 2.75) is 39.3 Å². The molecule has 0 aromatic carbocycles. The number of hydrogen-bond acceptors (Lipinski definition) is 1. The molecule has 10 heavy (non-hydrogen) atoms. The van der Waals surface area contributed by atoms with E-state index in [1.807, 2.05) is 7.05 Å². The summed E-state index contributed by atoms with van der Waals surface area (Å²) in [5.74, 6) is 0. The van der Waals surface area contributed by atoms with Crippen LogP contribution >= 0.6 is 0 Å². The van der Waals surface area contributed by atoms with E-state index in [1.54, 1.807) is 0 Å². The molecular weight excluding hydrogens is 124 g/mol. The van der Waals surface area contributed by atoms with E-state index in [0.717, 1.165) is 13.0 Å². The summed E-state index contributed by atoms with van der Waals surface area (Å²) in [4.78, 5) is 0. The summed E-state index contributed by atoms with van der Waals surface area (Å²) in [6.45, 7) is 5.45. The van der Waals surface area contributed by atoms with Crippen molar-refractivity contribution in [1.29, 1.82) is 0 Å². The van der Waals surface area contributed by atoms with Crippen LogP contribution in [0.15, 0.2) is 0 Å². The highest BCUT2D eigenvalue weighted by Crippen LogP contribution is 1.88. The monoisotopic (exact) mass is 143 g/mol. The lowest BCUT2D eigenvalue weighted by Gasteiger charge is -2.13. The van der Waals surface area contributed by atoms with Gasteiger partial charge in [0.1, 0.15) is 0 Å². The largest absolute Gasteiger partial charge is 0.301 e. The lowest BCUT2D eigenvalue weighted by Crippen LogP contribution is -2.35. The molecule has 0 aromatic rings. The summed E-state index contributed by atoms with van der Waals surface area (Å²) >= 11 is 0. The van der Waals surface area contributed by atoms with E-state index < -0.39 is 0 Å². The Morgan fingerprint density at radius 2 is 2.10 bits per heavy atom. The topological polar surface area (TPSA) is 26.1 Å². The van der Waals surface area contributed by atoms with Crippen molar-refractivity contribution in [2.24, 2.45) is 0 Å². The smallest absolute Gasteiger partial charge is 0.0729 e. The molecule has 0 aliphatic carbocycles. The van der Waals surface area contributed by atoms with Gasteiger partial charge in [-0.1, -0.05) is 20.3 Å². The van der Waals surface area contributed by atoms with E-state index in [2.05, 4.69) is 24.5 Å². The molecule has 1 unspecified atom stereocenters. The summed E-state index contributed by atoms with van der Waals surface area (Å²) in [5, 5.41) is 7.52. The Hall–Kier alpha value is -0.0800. The molecule has 0 saturated heterocycles. The van der Waals surface area contributed by atoms with Crippen LogP contribution in [0.5, 0.6) is 0 Å². The maximum atomic E-state index is 4.17. The Morgan fingerprint density at radius 1 is 1.40 bits per heavy atom. The summed E-state index contributed by atoms with van der Waals surface area (Å²) in [5.41, 5.74) is 0. The second kappa shape index (κ2) is 7.03. The van der Waals surface area contributed by atoms with Gasteiger partial charge in [-0.15, -0.1) is 0 Å². The molecule has 0 saturated carbocycles. The fourth-order valence-electron chi connectivity index (χ4n) is 0.864. The fourth-order valence-corrected chi connectivity index (χ4v) is 0.864. The minimum atomic E-state index is 0.381. The highest BCUT2D eigenvalue weighted by atomic mass is 15.1. The van der Waals surface area contributed by atoms with Gasteiger partial charge in [0.05, 0.1) is 6.17 Å². The summed E-state index contributed by atoms with van der Waals surface area (Å²) < 4.78 is 0. The number of rotatable bonds is 6. The van der Waals surface area contributed by atoms with Crippen molar-refractivity contribution in [1.82, 2.24) is 10.6 Å². The fraction of sp³-hybridized carbons (Fsp3) is 1.00. The average molecular weight is 143 g/mol. The molecule has 0 aliphatic rings. The van der Waals surface area contributed by atoms with E-state index in [0.29, 0.717) is 6.17 Å². The summed E-state index contributed by atoms with van der Waals surface area (Å²) in [6, 6.07) is 0. The minimum Gasteiger partial charge on any atom is -0.301 e. The standard InChI is InChI=1S/C8H19N2/c1-4-6-7-10-8(5-2)9-3/h8,10H,4-7H2,1-3H3. The number of nitrogens with zero attached hydrogens (tertiary/aromatic N) is 1. The van der Waals surface area contributed by atoms with Crippen molar-refractivity contribution in [3.8, 4) is 0 Å². The van der Waals surface area contributed by atoms with Crippen LogP contribution in [0.2, 0.25) is 0 Å². The molecule has 0 amide bonds. The third-order valence-electron chi connectivity index (χ3n) is 1.61. The third-order valence-corrected chi connectivity index (χ3v) is 1.61. The molecule has 0 spiro atoms. The summed E-state index contributed by atoms with van der Waals surface area (Å²) in [6.07, 6.45) is 3.99. The van der Waals surface area contributed by atoms with Gasteiger partial charge in [0, 0.05) is 7.05 Å². The Morgan fingerprint density at radius 3 is 2.50 bits per heavy atom. The Balaban J connectivity index is 3.09. The lowest BCUT2D eigenvalue weighted by atomic mass is 10.3. The molecule has 1 atom stereocenters. The first kappa shape index (κ1) is 9.92. The van der Waals surface area contributed by atoms with Crippen LogP contribution in [0.1, 0.15) is 33.1 Å². The minimum absolute atomic E-state index is 0.381. The molecule has 61 valence electrons. The first-order valence-electron chi connectivity index (χ1n) is 4.17. The van der Waals surface area contributed by atoms with Crippen LogP contribution < -0.4 is 10.6 Å². The molecule has 0 aromatic heterocycles. The van der Waals surface area contributed by atoms with Gasteiger partial charge in [-0.25, -0.2) is 5.32 Å². The van der Waals surface area contributed by atoms with E-state index in [-0.39, 0.29) is 0 Å². The predicted octanol–water partition coefficient (Wildman–Crippen LogP) is 1.35. The van der Waals surface area contributed by atoms with Gasteiger partial charge in [-0.2, -0.15) is 0 Å². The summed E-state index contributed by atoms with van der Waals surface area (Å²) in [7, 11) is 1.87. The number of nitrogens with one attached hydrogen (secondary N) is 1. The van der Waals surface area contributed by atoms with Gasteiger partial charge < -0.3 is 5.32 Å². The van der Waals surface area contributed by atoms with Crippen LogP contribution in [0.3, 0.4) is 0 Å². The van der Waals surface area contributed by atoms with Crippen molar-refractivity contribution < 1.29 is 0 Å². The van der Waals surface area contributed by atoms with Crippen LogP contribution in [0, 0.1) is 0 Å². The SMILES string of the molecule is CCCCNC(CC)[N]C. The van der Waals surface area contributed by atoms with Gasteiger partial charge in [0.15, 0.2) is 0 Å². The van der Waals surface area contributed by atoms with Crippen molar-refractivity contribution in [3.05, 3.63) is 0 Å². The van der Waals surface area contributed by atoms with E-state index in [4.69, 9.17) is 0 Å². The maximum absolute atomic E-state index is 4.17. The van der Waals surface area contributed by atoms with Gasteiger partial charge >= 0.3 is 0 Å². The Labute approximate surface area is 64.4 Å². The number of hydrogen-bond donors (Lipinski definition) is 1. The average Bonchev–Trinajstić information content (AvgIpc) is 1.99. The zero-order valence-electron chi connectivity index (χ0n) is 7.35. The van der Waals surface area contributed by atoms with Crippen molar-refractivity contribution in [2.75, 3.05) is 13.6 Å². The molecule has 0 aliphatic heterocycles. The molecule has 2 heteroatoms. The molecule has 0 heterocycles. The van der Waals surface area contributed by atoms with Gasteiger partial charge in [-0.3, -0.25) is 0 Å². The second-order valence-corrected chi connectivity index (χ2v) is 2.49. The molecule has 0 fully saturated rings. The Kier molecular flexibility index (Phi) is 6.98. The predicted molar refractivity (Wildman–Crippen MR) is 45.0 cm³/mol. The molecule has 1 radical (unpaired) electrons. The quantitative estimate of drug-likeness (QED) is 0.558. The van der Waals surface area contributed by atoms with E-state index in [1.165, 1.54) is 12.8 Å². The van der Waals surface area contributed by atoms with E-state index in [9.17, 15) is 0 Å². The van der Waals surface area contributed by atoms with Gasteiger partial charge in [-0.05, 0) is 19.4 Å². The van der Waals surface area contributed by atoms with Gasteiger partial charge in [0.25, 0.3) is 0 Å². The lowest BCUT2D eigenvalue weighted by molar-refractivity contribution is 0.432.